The predicted molar refractivity (Wildman–Crippen MR) is 79.6 cm³/mol. The molecule has 0 aliphatic carbocycles. The molecule has 3 heterocycles. The lowest BCUT2D eigenvalue weighted by Crippen LogP contribution is -2.47. The molecule has 21 heavy (non-hydrogen) atoms. The molecule has 0 radical (unpaired) electrons. The Hall–Kier alpha value is -2.70. The van der Waals surface area contributed by atoms with Gasteiger partial charge in [0.2, 0.25) is 5.82 Å². The van der Waals surface area contributed by atoms with Crippen molar-refractivity contribution in [2.24, 2.45) is 0 Å². The summed E-state index contributed by atoms with van der Waals surface area (Å²) in [5.74, 6) is 1.39. The number of piperazine rings is 1. The Morgan fingerprint density at radius 2 is 1.67 bits per heavy atom. The minimum absolute atomic E-state index is 0.0591. The van der Waals surface area contributed by atoms with Crippen LogP contribution in [0.4, 0.5) is 17.3 Å². The van der Waals surface area contributed by atoms with Gasteiger partial charge in [-0.3, -0.25) is 10.1 Å². The quantitative estimate of drug-likeness (QED) is 0.631. The maximum atomic E-state index is 11.1. The van der Waals surface area contributed by atoms with Crippen LogP contribution in [0, 0.1) is 10.1 Å². The highest BCUT2D eigenvalue weighted by Crippen LogP contribution is 2.26. The summed E-state index contributed by atoms with van der Waals surface area (Å²) in [5.41, 5.74) is 0.0591. The fourth-order valence-electron chi connectivity index (χ4n) is 2.46. The number of nitrogens with zero attached hydrogens (tertiary/aromatic N) is 5. The second kappa shape index (κ2) is 5.74. The van der Waals surface area contributed by atoms with Crippen molar-refractivity contribution in [3.05, 3.63) is 52.8 Å². The Kier molecular flexibility index (Phi) is 3.63. The van der Waals surface area contributed by atoms with Crippen LogP contribution in [-0.2, 0) is 0 Å². The van der Waals surface area contributed by atoms with E-state index in [0.29, 0.717) is 18.9 Å². The number of anilines is 2. The summed E-state index contributed by atoms with van der Waals surface area (Å²) >= 11 is 0. The molecule has 1 aliphatic heterocycles. The van der Waals surface area contributed by atoms with Crippen LogP contribution < -0.4 is 9.80 Å². The molecule has 0 bridgehead atoms. The van der Waals surface area contributed by atoms with E-state index in [1.807, 2.05) is 23.1 Å². The molecule has 1 saturated heterocycles. The van der Waals surface area contributed by atoms with Crippen LogP contribution in [0.25, 0.3) is 0 Å². The normalized spacial score (nSPS) is 15.0. The number of rotatable bonds is 3. The van der Waals surface area contributed by atoms with Gasteiger partial charge in [-0.1, -0.05) is 6.07 Å². The van der Waals surface area contributed by atoms with Crippen molar-refractivity contribution in [3.63, 3.8) is 0 Å². The Morgan fingerprint density at radius 1 is 0.952 bits per heavy atom. The average molecular weight is 285 g/mol. The lowest BCUT2D eigenvalue weighted by Gasteiger charge is -2.35. The van der Waals surface area contributed by atoms with Crippen molar-refractivity contribution >= 4 is 17.3 Å². The zero-order chi connectivity index (χ0) is 14.7. The van der Waals surface area contributed by atoms with E-state index in [0.717, 1.165) is 18.9 Å². The minimum atomic E-state index is -0.381. The molecular weight excluding hydrogens is 270 g/mol. The highest BCUT2D eigenvalue weighted by atomic mass is 16.6. The SMILES string of the molecule is O=[N+]([O-])c1cccnc1N1CCN(c2ccccn2)CC1. The molecule has 108 valence electrons. The number of aromatic nitrogens is 2. The topological polar surface area (TPSA) is 75.4 Å². The zero-order valence-corrected chi connectivity index (χ0v) is 11.4. The Balaban J connectivity index is 1.73. The molecular formula is C14H15N5O2. The molecule has 0 spiro atoms. The summed E-state index contributed by atoms with van der Waals surface area (Å²) in [7, 11) is 0. The molecule has 0 unspecified atom stereocenters. The van der Waals surface area contributed by atoms with E-state index in [2.05, 4.69) is 14.9 Å². The summed E-state index contributed by atoms with van der Waals surface area (Å²) in [4.78, 5) is 23.3. The Labute approximate surface area is 122 Å². The van der Waals surface area contributed by atoms with Gasteiger partial charge in [-0.15, -0.1) is 0 Å². The van der Waals surface area contributed by atoms with Gasteiger partial charge < -0.3 is 9.80 Å². The molecule has 2 aromatic heterocycles. The number of pyridine rings is 2. The molecule has 3 rings (SSSR count). The predicted octanol–water partition coefficient (Wildman–Crippen LogP) is 1.71. The summed E-state index contributed by atoms with van der Waals surface area (Å²) in [6.45, 7) is 2.92. The molecule has 2 aromatic rings. The number of hydrogen-bond donors (Lipinski definition) is 0. The van der Waals surface area contributed by atoms with Crippen LogP contribution >= 0.6 is 0 Å². The third-order valence-electron chi connectivity index (χ3n) is 3.52. The lowest BCUT2D eigenvalue weighted by atomic mass is 10.2. The lowest BCUT2D eigenvalue weighted by molar-refractivity contribution is -0.384. The van der Waals surface area contributed by atoms with Crippen LogP contribution in [0.2, 0.25) is 0 Å². The van der Waals surface area contributed by atoms with E-state index < -0.39 is 0 Å². The third kappa shape index (κ3) is 2.76. The van der Waals surface area contributed by atoms with Gasteiger partial charge in [0.1, 0.15) is 5.82 Å². The van der Waals surface area contributed by atoms with Crippen molar-refractivity contribution in [3.8, 4) is 0 Å². The number of hydrogen-bond acceptors (Lipinski definition) is 6. The van der Waals surface area contributed by atoms with E-state index in [9.17, 15) is 10.1 Å². The highest BCUT2D eigenvalue weighted by Gasteiger charge is 2.24. The fourth-order valence-corrected chi connectivity index (χ4v) is 2.46. The fraction of sp³-hybridized carbons (Fsp3) is 0.286. The van der Waals surface area contributed by atoms with E-state index >= 15 is 0 Å². The summed E-state index contributed by atoms with van der Waals surface area (Å²) in [6, 6.07) is 8.90. The van der Waals surface area contributed by atoms with Gasteiger partial charge in [-0.05, 0) is 18.2 Å². The maximum Gasteiger partial charge on any atom is 0.311 e. The minimum Gasteiger partial charge on any atom is -0.353 e. The smallest absolute Gasteiger partial charge is 0.311 e. The van der Waals surface area contributed by atoms with Gasteiger partial charge in [0.05, 0.1) is 4.92 Å². The monoisotopic (exact) mass is 285 g/mol. The van der Waals surface area contributed by atoms with Gasteiger partial charge >= 0.3 is 5.69 Å². The average Bonchev–Trinajstić information content (AvgIpc) is 2.56. The van der Waals surface area contributed by atoms with Gasteiger partial charge in [-0.2, -0.15) is 0 Å². The number of nitro groups is 1. The first-order valence-corrected chi connectivity index (χ1v) is 6.76. The second-order valence-corrected chi connectivity index (χ2v) is 4.77. The van der Waals surface area contributed by atoms with Crippen molar-refractivity contribution in [1.82, 2.24) is 9.97 Å². The molecule has 0 aromatic carbocycles. The van der Waals surface area contributed by atoms with Gasteiger partial charge in [0.15, 0.2) is 0 Å². The standard InChI is InChI=1S/C14H15N5O2/c20-19(21)12-4-3-7-16-14(12)18-10-8-17(9-11-18)13-5-1-2-6-15-13/h1-7H,8-11H2. The molecule has 0 saturated carbocycles. The first-order chi connectivity index (χ1) is 10.3. The molecule has 7 heteroatoms. The van der Waals surface area contributed by atoms with E-state index in [-0.39, 0.29) is 10.6 Å². The van der Waals surface area contributed by atoms with Crippen molar-refractivity contribution < 1.29 is 4.92 Å². The third-order valence-corrected chi connectivity index (χ3v) is 3.52. The largest absolute Gasteiger partial charge is 0.353 e. The van der Waals surface area contributed by atoms with Crippen LogP contribution in [0.3, 0.4) is 0 Å². The summed E-state index contributed by atoms with van der Waals surface area (Å²) in [6.07, 6.45) is 3.36. The van der Waals surface area contributed by atoms with Crippen molar-refractivity contribution in [2.75, 3.05) is 36.0 Å². The van der Waals surface area contributed by atoms with Gasteiger partial charge in [-0.25, -0.2) is 9.97 Å². The highest BCUT2D eigenvalue weighted by molar-refractivity contribution is 5.58. The zero-order valence-electron chi connectivity index (χ0n) is 11.4. The second-order valence-electron chi connectivity index (χ2n) is 4.77. The van der Waals surface area contributed by atoms with Gasteiger partial charge in [0.25, 0.3) is 0 Å². The van der Waals surface area contributed by atoms with E-state index in [1.165, 1.54) is 6.07 Å². The van der Waals surface area contributed by atoms with Crippen LogP contribution in [-0.4, -0.2) is 41.1 Å². The van der Waals surface area contributed by atoms with E-state index in [1.54, 1.807) is 18.5 Å². The molecule has 7 nitrogen and oxygen atoms in total. The van der Waals surface area contributed by atoms with Gasteiger partial charge in [0, 0.05) is 44.6 Å². The Bertz CT molecular complexity index is 626. The molecule has 0 amide bonds. The Morgan fingerprint density at radius 3 is 2.33 bits per heavy atom. The van der Waals surface area contributed by atoms with Crippen LogP contribution in [0.5, 0.6) is 0 Å². The molecule has 0 atom stereocenters. The summed E-state index contributed by atoms with van der Waals surface area (Å²) < 4.78 is 0. The van der Waals surface area contributed by atoms with Crippen molar-refractivity contribution in [2.45, 2.75) is 0 Å². The first kappa shape index (κ1) is 13.3. The molecule has 0 N–H and O–H groups in total. The molecule has 1 fully saturated rings. The first-order valence-electron chi connectivity index (χ1n) is 6.76. The van der Waals surface area contributed by atoms with Crippen LogP contribution in [0.1, 0.15) is 0 Å². The maximum absolute atomic E-state index is 11.1. The summed E-state index contributed by atoms with van der Waals surface area (Å²) in [5, 5.41) is 11.1. The molecule has 1 aliphatic rings. The van der Waals surface area contributed by atoms with E-state index in [4.69, 9.17) is 0 Å². The van der Waals surface area contributed by atoms with Crippen molar-refractivity contribution in [1.29, 1.82) is 0 Å². The van der Waals surface area contributed by atoms with Crippen LogP contribution in [0.15, 0.2) is 42.7 Å².